The number of benzene rings is 1. The molecule has 1 aromatic carbocycles. The second-order valence-electron chi connectivity index (χ2n) is 7.79. The second kappa shape index (κ2) is 8.16. The van der Waals surface area contributed by atoms with Gasteiger partial charge in [-0.1, -0.05) is 42.5 Å². The summed E-state index contributed by atoms with van der Waals surface area (Å²) in [5.74, 6) is -1.97. The number of ether oxygens (including phenoxy) is 1. The van der Waals surface area contributed by atoms with Crippen LogP contribution in [0.5, 0.6) is 0 Å². The maximum Gasteiger partial charge on any atom is 0.326 e. The van der Waals surface area contributed by atoms with Crippen molar-refractivity contribution in [3.63, 3.8) is 0 Å². The van der Waals surface area contributed by atoms with Gasteiger partial charge in [0, 0.05) is 10.9 Å². The number of amides is 2. The average molecular weight is 449 g/mol. The van der Waals surface area contributed by atoms with Crippen molar-refractivity contribution in [3.8, 4) is 11.1 Å². The van der Waals surface area contributed by atoms with E-state index in [-0.39, 0.29) is 29.8 Å². The number of aromatic nitrogens is 2. The molecule has 2 aromatic heterocycles. The normalized spacial score (nSPS) is 20.1. The van der Waals surface area contributed by atoms with Gasteiger partial charge in [0.1, 0.15) is 23.8 Å². The molecule has 1 aliphatic carbocycles. The molecule has 5 rings (SSSR count). The Kier molecular flexibility index (Phi) is 5.18. The summed E-state index contributed by atoms with van der Waals surface area (Å²) in [6.07, 6.45) is 4.80. The number of aromatic amines is 1. The van der Waals surface area contributed by atoms with Crippen LogP contribution in [0.4, 0.5) is 0 Å². The number of esters is 1. The van der Waals surface area contributed by atoms with Gasteiger partial charge in [-0.15, -0.1) is 11.3 Å². The SMILES string of the molecule is O=C(CN1C(=O)C2CC=CCC2C1=O)OCc1nc2scc(-c3ccccc3)c2c(=O)[nH]1. The van der Waals surface area contributed by atoms with Crippen LogP contribution in [0.2, 0.25) is 0 Å². The van der Waals surface area contributed by atoms with Crippen molar-refractivity contribution in [3.05, 3.63) is 64.0 Å². The third kappa shape index (κ3) is 3.54. The van der Waals surface area contributed by atoms with Crippen molar-refractivity contribution in [1.29, 1.82) is 0 Å². The van der Waals surface area contributed by atoms with Crippen LogP contribution in [0.1, 0.15) is 18.7 Å². The van der Waals surface area contributed by atoms with E-state index in [1.807, 2.05) is 47.9 Å². The molecule has 0 bridgehead atoms. The number of nitrogens with one attached hydrogen (secondary N) is 1. The summed E-state index contributed by atoms with van der Waals surface area (Å²) in [5.41, 5.74) is 1.40. The van der Waals surface area contributed by atoms with Gasteiger partial charge in [0.25, 0.3) is 5.56 Å². The molecule has 1 aliphatic heterocycles. The molecule has 0 spiro atoms. The van der Waals surface area contributed by atoms with Crippen LogP contribution in [0.25, 0.3) is 21.3 Å². The summed E-state index contributed by atoms with van der Waals surface area (Å²) in [5, 5.41) is 2.36. The Hall–Kier alpha value is -3.59. The third-order valence-electron chi connectivity index (χ3n) is 5.83. The van der Waals surface area contributed by atoms with E-state index < -0.39 is 24.3 Å². The van der Waals surface area contributed by atoms with E-state index in [2.05, 4.69) is 9.97 Å². The van der Waals surface area contributed by atoms with Crippen molar-refractivity contribution >= 4 is 39.3 Å². The number of imide groups is 1. The standard InChI is InChI=1S/C23H19N3O5S/c27-18(10-26-22(29)14-8-4-5-9-15(14)23(26)30)31-11-17-24-20(28)19-16(12-32-21(19)25-17)13-6-2-1-3-7-13/h1-7,12,14-15H,8-11H2,(H,24,25,28). The first-order valence-electron chi connectivity index (χ1n) is 10.2. The first-order chi connectivity index (χ1) is 15.5. The highest BCUT2D eigenvalue weighted by Crippen LogP contribution is 2.35. The summed E-state index contributed by atoms with van der Waals surface area (Å²) >= 11 is 1.33. The molecule has 2 atom stereocenters. The highest BCUT2D eigenvalue weighted by atomic mass is 32.1. The van der Waals surface area contributed by atoms with E-state index in [4.69, 9.17) is 4.74 Å². The first kappa shape index (κ1) is 20.3. The van der Waals surface area contributed by atoms with Crippen molar-refractivity contribution < 1.29 is 19.1 Å². The van der Waals surface area contributed by atoms with E-state index in [9.17, 15) is 19.2 Å². The Morgan fingerprint density at radius 3 is 2.47 bits per heavy atom. The maximum atomic E-state index is 12.7. The zero-order valence-electron chi connectivity index (χ0n) is 16.9. The molecular weight excluding hydrogens is 430 g/mol. The summed E-state index contributed by atoms with van der Waals surface area (Å²) < 4.78 is 5.21. The van der Waals surface area contributed by atoms with Gasteiger partial charge in [-0.2, -0.15) is 0 Å². The molecule has 0 radical (unpaired) electrons. The molecule has 2 unspecified atom stereocenters. The second-order valence-corrected chi connectivity index (χ2v) is 8.65. The summed E-state index contributed by atoms with van der Waals surface area (Å²) in [4.78, 5) is 58.5. The van der Waals surface area contributed by atoms with Gasteiger partial charge in [-0.25, -0.2) is 4.98 Å². The molecule has 1 fully saturated rings. The number of carbonyl (C=O) groups excluding carboxylic acids is 3. The number of thiophene rings is 1. The topological polar surface area (TPSA) is 109 Å². The highest BCUT2D eigenvalue weighted by molar-refractivity contribution is 7.17. The molecule has 2 aliphatic rings. The van der Waals surface area contributed by atoms with Crippen LogP contribution >= 0.6 is 11.3 Å². The third-order valence-corrected chi connectivity index (χ3v) is 6.71. The Labute approximate surface area is 186 Å². The molecule has 3 aromatic rings. The molecule has 9 heteroatoms. The minimum absolute atomic E-state index is 0.203. The van der Waals surface area contributed by atoms with Gasteiger partial charge in [-0.05, 0) is 18.4 Å². The van der Waals surface area contributed by atoms with Crippen molar-refractivity contribution in [2.45, 2.75) is 19.4 Å². The fourth-order valence-electron chi connectivity index (χ4n) is 4.24. The number of carbonyl (C=O) groups is 3. The van der Waals surface area contributed by atoms with Gasteiger partial charge in [-0.3, -0.25) is 24.1 Å². The Morgan fingerprint density at radius 2 is 1.78 bits per heavy atom. The average Bonchev–Trinajstić information content (AvgIpc) is 3.34. The largest absolute Gasteiger partial charge is 0.456 e. The molecule has 1 N–H and O–H groups in total. The lowest BCUT2D eigenvalue weighted by molar-refractivity contribution is -0.154. The maximum absolute atomic E-state index is 12.7. The molecule has 0 saturated carbocycles. The minimum Gasteiger partial charge on any atom is -0.456 e. The first-order valence-corrected chi connectivity index (χ1v) is 11.1. The zero-order valence-corrected chi connectivity index (χ0v) is 17.8. The van der Waals surface area contributed by atoms with Crippen LogP contribution < -0.4 is 5.56 Å². The number of allylic oxidation sites excluding steroid dienone is 2. The molecule has 2 amide bonds. The zero-order chi connectivity index (χ0) is 22.2. The van der Waals surface area contributed by atoms with E-state index in [0.717, 1.165) is 16.0 Å². The Balaban J connectivity index is 1.28. The monoisotopic (exact) mass is 449 g/mol. The predicted molar refractivity (Wildman–Crippen MR) is 118 cm³/mol. The van der Waals surface area contributed by atoms with E-state index in [1.54, 1.807) is 0 Å². The van der Waals surface area contributed by atoms with E-state index in [1.165, 1.54) is 11.3 Å². The summed E-state index contributed by atoms with van der Waals surface area (Å²) in [6, 6.07) is 9.54. The molecule has 1 saturated heterocycles. The number of H-pyrrole nitrogens is 1. The highest BCUT2D eigenvalue weighted by Gasteiger charge is 2.47. The van der Waals surface area contributed by atoms with Crippen LogP contribution in [0, 0.1) is 11.8 Å². The van der Waals surface area contributed by atoms with Gasteiger partial charge in [0.15, 0.2) is 0 Å². The van der Waals surface area contributed by atoms with Crippen molar-refractivity contribution in [2.75, 3.05) is 6.54 Å². The van der Waals surface area contributed by atoms with E-state index in [0.29, 0.717) is 23.1 Å². The lowest BCUT2D eigenvalue weighted by Gasteiger charge is -2.14. The smallest absolute Gasteiger partial charge is 0.326 e. The van der Waals surface area contributed by atoms with Gasteiger partial charge in [0.05, 0.1) is 17.2 Å². The quantitative estimate of drug-likeness (QED) is 0.364. The molecule has 8 nitrogen and oxygen atoms in total. The fraction of sp³-hybridized carbons (Fsp3) is 0.261. The number of likely N-dealkylation sites (tertiary alicyclic amines) is 1. The van der Waals surface area contributed by atoms with Gasteiger partial charge >= 0.3 is 5.97 Å². The van der Waals surface area contributed by atoms with Crippen molar-refractivity contribution in [1.82, 2.24) is 14.9 Å². The fourth-order valence-corrected chi connectivity index (χ4v) is 5.21. The number of hydrogen-bond donors (Lipinski definition) is 1. The predicted octanol–water partition coefficient (Wildman–Crippen LogP) is 2.65. The number of hydrogen-bond acceptors (Lipinski definition) is 7. The Bertz CT molecular complexity index is 1280. The minimum atomic E-state index is -0.725. The number of rotatable bonds is 5. The number of fused-ring (bicyclic) bond motifs is 2. The Morgan fingerprint density at radius 1 is 1.09 bits per heavy atom. The lowest BCUT2D eigenvalue weighted by atomic mass is 9.85. The van der Waals surface area contributed by atoms with Crippen LogP contribution in [-0.4, -0.2) is 39.2 Å². The molecule has 3 heterocycles. The molecular formula is C23H19N3O5S. The van der Waals surface area contributed by atoms with E-state index >= 15 is 0 Å². The molecule has 162 valence electrons. The van der Waals surface area contributed by atoms with Gasteiger partial charge < -0.3 is 9.72 Å². The number of nitrogens with zero attached hydrogens (tertiary/aromatic N) is 2. The van der Waals surface area contributed by atoms with Gasteiger partial charge in [0.2, 0.25) is 11.8 Å². The van der Waals surface area contributed by atoms with Crippen LogP contribution in [0.15, 0.2) is 52.7 Å². The molecule has 32 heavy (non-hydrogen) atoms. The summed E-state index contributed by atoms with van der Waals surface area (Å²) in [7, 11) is 0. The van der Waals surface area contributed by atoms with Crippen LogP contribution in [0.3, 0.4) is 0 Å². The van der Waals surface area contributed by atoms with Crippen molar-refractivity contribution in [2.24, 2.45) is 11.8 Å². The summed E-state index contributed by atoms with van der Waals surface area (Å²) in [6.45, 7) is -0.693. The lowest BCUT2D eigenvalue weighted by Crippen LogP contribution is -2.36. The van der Waals surface area contributed by atoms with Crippen LogP contribution in [-0.2, 0) is 25.7 Å².